The molecule has 0 unspecified atom stereocenters. The van der Waals surface area contributed by atoms with E-state index >= 15 is 0 Å². The Morgan fingerprint density at radius 2 is 2.13 bits per heavy atom. The van der Waals surface area contributed by atoms with Crippen LogP contribution in [0.25, 0.3) is 10.6 Å². The number of carbonyl (C=O) groups is 1. The van der Waals surface area contributed by atoms with Crippen molar-refractivity contribution in [2.75, 3.05) is 0 Å². The van der Waals surface area contributed by atoms with Crippen LogP contribution in [0.15, 0.2) is 48.9 Å². The molecule has 2 aromatic heterocycles. The number of fused-ring (bicyclic) bond motifs is 1. The molecular weight excluding hydrogens is 308 g/mol. The second kappa shape index (κ2) is 5.96. The molecule has 116 valence electrons. The smallest absolute Gasteiger partial charge is 0.263 e. The highest BCUT2D eigenvalue weighted by Crippen LogP contribution is 2.25. The summed E-state index contributed by atoms with van der Waals surface area (Å²) in [5.41, 5.74) is 1.04. The maximum atomic E-state index is 12.4. The Bertz CT molecular complexity index is 824. The molecule has 0 aliphatic carbocycles. The van der Waals surface area contributed by atoms with Crippen LogP contribution in [-0.4, -0.2) is 26.5 Å². The fourth-order valence-electron chi connectivity index (χ4n) is 2.83. The molecule has 6 heteroatoms. The minimum atomic E-state index is -0.0433. The molecule has 1 amide bonds. The third-order valence-electron chi connectivity index (χ3n) is 4.02. The number of nitrogens with zero attached hydrogens (tertiary/aromatic N) is 3. The van der Waals surface area contributed by atoms with Crippen LogP contribution < -0.4 is 5.32 Å². The van der Waals surface area contributed by atoms with Gasteiger partial charge in [0.05, 0.1) is 6.20 Å². The van der Waals surface area contributed by atoms with Gasteiger partial charge >= 0.3 is 0 Å². The number of aryl methyl sites for hydroxylation is 1. The van der Waals surface area contributed by atoms with Gasteiger partial charge in [-0.15, -0.1) is 11.3 Å². The van der Waals surface area contributed by atoms with Gasteiger partial charge in [0.15, 0.2) is 0 Å². The molecule has 1 N–H and O–H groups in total. The fourth-order valence-corrected chi connectivity index (χ4v) is 3.66. The van der Waals surface area contributed by atoms with Crippen LogP contribution >= 0.6 is 11.3 Å². The van der Waals surface area contributed by atoms with Crippen LogP contribution in [0.5, 0.6) is 0 Å². The zero-order valence-corrected chi connectivity index (χ0v) is 13.3. The minimum Gasteiger partial charge on any atom is -0.347 e. The van der Waals surface area contributed by atoms with Crippen molar-refractivity contribution in [3.05, 3.63) is 59.6 Å². The standard InChI is InChI=1S/C17H16N4OS/c22-16(20-13-6-7-15-18-8-9-21(15)11-13)14-10-19-17(23-14)12-4-2-1-3-5-12/h1-5,8-10,13H,6-7,11H2,(H,20,22)/t13-/m1/s1. The molecule has 1 atom stereocenters. The first-order valence-electron chi connectivity index (χ1n) is 7.62. The molecule has 1 aliphatic rings. The number of carbonyl (C=O) groups excluding carboxylic acids is 1. The summed E-state index contributed by atoms with van der Waals surface area (Å²) in [6, 6.07) is 10.1. The van der Waals surface area contributed by atoms with E-state index in [9.17, 15) is 4.79 Å². The predicted molar refractivity (Wildman–Crippen MR) is 89.4 cm³/mol. The molecule has 23 heavy (non-hydrogen) atoms. The number of nitrogens with one attached hydrogen (secondary N) is 1. The summed E-state index contributed by atoms with van der Waals surface area (Å²) >= 11 is 1.43. The van der Waals surface area contributed by atoms with Gasteiger partial charge in [-0.05, 0) is 6.42 Å². The van der Waals surface area contributed by atoms with E-state index in [1.165, 1.54) is 11.3 Å². The predicted octanol–water partition coefficient (Wildman–Crippen LogP) is 2.75. The summed E-state index contributed by atoms with van der Waals surface area (Å²) in [6.45, 7) is 0.783. The molecule has 0 bridgehead atoms. The molecule has 3 heterocycles. The first-order chi connectivity index (χ1) is 11.3. The maximum absolute atomic E-state index is 12.4. The number of hydrogen-bond acceptors (Lipinski definition) is 4. The van der Waals surface area contributed by atoms with Gasteiger partial charge < -0.3 is 9.88 Å². The molecule has 1 aliphatic heterocycles. The second-order valence-electron chi connectivity index (χ2n) is 5.60. The number of amides is 1. The van der Waals surface area contributed by atoms with E-state index in [1.807, 2.05) is 42.7 Å². The van der Waals surface area contributed by atoms with Crippen molar-refractivity contribution < 1.29 is 4.79 Å². The van der Waals surface area contributed by atoms with Gasteiger partial charge in [0.1, 0.15) is 15.7 Å². The molecule has 5 nitrogen and oxygen atoms in total. The second-order valence-corrected chi connectivity index (χ2v) is 6.63. The molecular formula is C17H16N4OS. The molecule has 1 aromatic carbocycles. The summed E-state index contributed by atoms with van der Waals surface area (Å²) in [4.78, 5) is 21.8. The summed E-state index contributed by atoms with van der Waals surface area (Å²) in [6.07, 6.45) is 7.26. The highest BCUT2D eigenvalue weighted by atomic mass is 32.1. The lowest BCUT2D eigenvalue weighted by molar-refractivity contribution is 0.0931. The normalized spacial score (nSPS) is 16.8. The highest BCUT2D eigenvalue weighted by molar-refractivity contribution is 7.16. The Labute approximate surface area is 138 Å². The van der Waals surface area contributed by atoms with Crippen molar-refractivity contribution in [1.82, 2.24) is 19.9 Å². The Kier molecular flexibility index (Phi) is 3.67. The van der Waals surface area contributed by atoms with Crippen molar-refractivity contribution >= 4 is 17.2 Å². The highest BCUT2D eigenvalue weighted by Gasteiger charge is 2.21. The van der Waals surface area contributed by atoms with Crippen LogP contribution in [0.3, 0.4) is 0 Å². The summed E-state index contributed by atoms with van der Waals surface area (Å²) in [7, 11) is 0. The number of thiazole rings is 1. The van der Waals surface area contributed by atoms with E-state index in [4.69, 9.17) is 0 Å². The third kappa shape index (κ3) is 2.90. The molecule has 0 fully saturated rings. The lowest BCUT2D eigenvalue weighted by Crippen LogP contribution is -2.40. The van der Waals surface area contributed by atoms with Crippen molar-refractivity contribution in [2.45, 2.75) is 25.4 Å². The van der Waals surface area contributed by atoms with E-state index in [2.05, 4.69) is 19.9 Å². The van der Waals surface area contributed by atoms with E-state index in [-0.39, 0.29) is 11.9 Å². The van der Waals surface area contributed by atoms with Crippen LogP contribution in [0.2, 0.25) is 0 Å². The number of benzene rings is 1. The van der Waals surface area contributed by atoms with E-state index in [0.717, 1.165) is 35.8 Å². The quantitative estimate of drug-likeness (QED) is 0.806. The van der Waals surface area contributed by atoms with Crippen molar-refractivity contribution in [2.24, 2.45) is 0 Å². The van der Waals surface area contributed by atoms with E-state index < -0.39 is 0 Å². The lowest BCUT2D eigenvalue weighted by Gasteiger charge is -2.24. The topological polar surface area (TPSA) is 59.8 Å². The van der Waals surface area contributed by atoms with Gasteiger partial charge in [0.2, 0.25) is 0 Å². The Balaban J connectivity index is 1.45. The molecule has 0 saturated carbocycles. The molecule has 0 saturated heterocycles. The van der Waals surface area contributed by atoms with Gasteiger partial charge in [-0.1, -0.05) is 30.3 Å². The number of aromatic nitrogens is 3. The minimum absolute atomic E-state index is 0.0433. The van der Waals surface area contributed by atoms with Gasteiger partial charge in [-0.25, -0.2) is 9.97 Å². The number of rotatable bonds is 3. The van der Waals surface area contributed by atoms with Crippen molar-refractivity contribution in [3.8, 4) is 10.6 Å². The summed E-state index contributed by atoms with van der Waals surface area (Å²) in [5, 5.41) is 3.99. The van der Waals surface area contributed by atoms with Gasteiger partial charge in [-0.3, -0.25) is 4.79 Å². The molecule has 4 rings (SSSR count). The van der Waals surface area contributed by atoms with Gasteiger partial charge in [0.25, 0.3) is 5.91 Å². The zero-order chi connectivity index (χ0) is 15.6. The van der Waals surface area contributed by atoms with Crippen LogP contribution in [-0.2, 0) is 13.0 Å². The Morgan fingerprint density at radius 3 is 3.00 bits per heavy atom. The average Bonchev–Trinajstić information content (AvgIpc) is 3.24. The maximum Gasteiger partial charge on any atom is 0.263 e. The molecule has 3 aromatic rings. The summed E-state index contributed by atoms with van der Waals surface area (Å²) < 4.78 is 2.11. The van der Waals surface area contributed by atoms with E-state index in [0.29, 0.717) is 4.88 Å². The van der Waals surface area contributed by atoms with E-state index in [1.54, 1.807) is 6.20 Å². The number of imidazole rings is 1. The molecule has 0 radical (unpaired) electrons. The van der Waals surface area contributed by atoms with Crippen molar-refractivity contribution in [3.63, 3.8) is 0 Å². The summed E-state index contributed by atoms with van der Waals surface area (Å²) in [5.74, 6) is 1.05. The van der Waals surface area contributed by atoms with Crippen LogP contribution in [0.4, 0.5) is 0 Å². The first-order valence-corrected chi connectivity index (χ1v) is 8.43. The third-order valence-corrected chi connectivity index (χ3v) is 5.07. The van der Waals surface area contributed by atoms with Crippen molar-refractivity contribution in [1.29, 1.82) is 0 Å². The van der Waals surface area contributed by atoms with Gasteiger partial charge in [0, 0.05) is 37.0 Å². The van der Waals surface area contributed by atoms with Crippen LogP contribution in [0, 0.1) is 0 Å². The average molecular weight is 324 g/mol. The Hall–Kier alpha value is -2.47. The molecule has 0 spiro atoms. The Morgan fingerprint density at radius 1 is 1.26 bits per heavy atom. The SMILES string of the molecule is O=C(N[C@@H]1CCc2nccn2C1)c1cnc(-c2ccccc2)s1. The number of hydrogen-bond donors (Lipinski definition) is 1. The van der Waals surface area contributed by atoms with Crippen LogP contribution in [0.1, 0.15) is 21.9 Å². The van der Waals surface area contributed by atoms with Gasteiger partial charge in [-0.2, -0.15) is 0 Å². The first kappa shape index (κ1) is 14.1. The largest absolute Gasteiger partial charge is 0.347 e. The monoisotopic (exact) mass is 324 g/mol. The lowest BCUT2D eigenvalue weighted by atomic mass is 10.1. The fraction of sp³-hybridized carbons (Fsp3) is 0.235. The zero-order valence-electron chi connectivity index (χ0n) is 12.5.